The van der Waals surface area contributed by atoms with Crippen molar-refractivity contribution < 1.29 is 13.2 Å². The fourth-order valence-corrected chi connectivity index (χ4v) is 2.69. The van der Waals surface area contributed by atoms with Crippen LogP contribution in [0.2, 0.25) is 0 Å². The molecule has 0 aliphatic carbocycles. The van der Waals surface area contributed by atoms with Gasteiger partial charge in [-0.2, -0.15) is 0 Å². The van der Waals surface area contributed by atoms with Crippen LogP contribution in [0.4, 0.5) is 13.2 Å². The van der Waals surface area contributed by atoms with Crippen LogP contribution in [0.25, 0.3) is 0 Å². The molecular weight excluding hydrogens is 343 g/mol. The van der Waals surface area contributed by atoms with E-state index in [0.717, 1.165) is 5.56 Å². The molecule has 0 saturated heterocycles. The maximum absolute atomic E-state index is 14.2. The van der Waals surface area contributed by atoms with Gasteiger partial charge in [0.15, 0.2) is 0 Å². The Morgan fingerprint density at radius 3 is 2.24 bits per heavy atom. The third kappa shape index (κ3) is 3.47. The Labute approximate surface area is 130 Å². The number of rotatable bonds is 4. The van der Waals surface area contributed by atoms with E-state index >= 15 is 0 Å². The molecule has 0 fully saturated rings. The molecule has 2 aromatic rings. The molecule has 0 amide bonds. The van der Waals surface area contributed by atoms with Gasteiger partial charge in [-0.15, -0.1) is 0 Å². The second-order valence-electron chi connectivity index (χ2n) is 4.80. The Balaban J connectivity index is 2.61. The predicted molar refractivity (Wildman–Crippen MR) is 80.7 cm³/mol. The number of benzene rings is 2. The molecule has 0 aliphatic heterocycles. The van der Waals surface area contributed by atoms with Gasteiger partial charge in [-0.1, -0.05) is 40.5 Å². The minimum atomic E-state index is -0.872. The molecule has 21 heavy (non-hydrogen) atoms. The normalized spacial score (nSPS) is 12.5. The van der Waals surface area contributed by atoms with Crippen LogP contribution in [0.1, 0.15) is 29.7 Å². The number of nitrogens with one attached hydrogen (secondary N) is 1. The summed E-state index contributed by atoms with van der Waals surface area (Å²) in [5.74, 6) is -1.92. The lowest BCUT2D eigenvalue weighted by Gasteiger charge is -2.21. The highest BCUT2D eigenvalue weighted by Crippen LogP contribution is 2.31. The van der Waals surface area contributed by atoms with Crippen LogP contribution in [0, 0.1) is 24.4 Å². The number of hydrogen-bond acceptors (Lipinski definition) is 1. The summed E-state index contributed by atoms with van der Waals surface area (Å²) < 4.78 is 42.7. The lowest BCUT2D eigenvalue weighted by atomic mass is 9.95. The van der Waals surface area contributed by atoms with Crippen molar-refractivity contribution in [2.24, 2.45) is 0 Å². The second kappa shape index (κ2) is 6.62. The molecule has 2 aromatic carbocycles. The van der Waals surface area contributed by atoms with Gasteiger partial charge in [0.1, 0.15) is 17.5 Å². The lowest BCUT2D eigenvalue weighted by Crippen LogP contribution is -2.25. The van der Waals surface area contributed by atoms with Gasteiger partial charge < -0.3 is 5.32 Å². The fraction of sp³-hybridized carbons (Fsp3) is 0.250. The van der Waals surface area contributed by atoms with Gasteiger partial charge in [0.05, 0.1) is 6.04 Å². The zero-order chi connectivity index (χ0) is 15.6. The van der Waals surface area contributed by atoms with Gasteiger partial charge in [0, 0.05) is 15.6 Å². The average Bonchev–Trinajstić information content (AvgIpc) is 2.39. The van der Waals surface area contributed by atoms with Crippen LogP contribution in [-0.2, 0) is 0 Å². The Morgan fingerprint density at radius 1 is 1.05 bits per heavy atom. The molecule has 1 atom stereocenters. The second-order valence-corrected chi connectivity index (χ2v) is 5.71. The minimum Gasteiger partial charge on any atom is -0.306 e. The maximum atomic E-state index is 14.2. The van der Waals surface area contributed by atoms with Crippen molar-refractivity contribution in [3.8, 4) is 0 Å². The summed E-state index contributed by atoms with van der Waals surface area (Å²) in [4.78, 5) is 0. The molecule has 0 heterocycles. The largest absolute Gasteiger partial charge is 0.306 e. The zero-order valence-electron chi connectivity index (χ0n) is 11.7. The van der Waals surface area contributed by atoms with Crippen LogP contribution < -0.4 is 5.32 Å². The van der Waals surface area contributed by atoms with Gasteiger partial charge in [0.2, 0.25) is 0 Å². The highest BCUT2D eigenvalue weighted by atomic mass is 79.9. The van der Waals surface area contributed by atoms with E-state index in [1.54, 1.807) is 26.0 Å². The summed E-state index contributed by atoms with van der Waals surface area (Å²) in [6, 6.07) is 6.01. The van der Waals surface area contributed by atoms with E-state index in [0.29, 0.717) is 11.0 Å². The molecule has 2 rings (SSSR count). The van der Waals surface area contributed by atoms with Gasteiger partial charge >= 0.3 is 0 Å². The average molecular weight is 358 g/mol. The highest BCUT2D eigenvalue weighted by molar-refractivity contribution is 9.10. The fourth-order valence-electron chi connectivity index (χ4n) is 2.29. The van der Waals surface area contributed by atoms with E-state index in [1.807, 2.05) is 0 Å². The van der Waals surface area contributed by atoms with Crippen molar-refractivity contribution >= 4 is 15.9 Å². The number of aryl methyl sites for hydroxylation is 1. The number of halogens is 4. The van der Waals surface area contributed by atoms with Crippen molar-refractivity contribution in [3.63, 3.8) is 0 Å². The van der Waals surface area contributed by atoms with E-state index in [4.69, 9.17) is 0 Å². The molecule has 5 heteroatoms. The third-order valence-electron chi connectivity index (χ3n) is 3.20. The third-order valence-corrected chi connectivity index (χ3v) is 3.66. The Morgan fingerprint density at radius 2 is 1.67 bits per heavy atom. The smallest absolute Gasteiger partial charge is 0.132 e. The van der Waals surface area contributed by atoms with E-state index in [9.17, 15) is 13.2 Å². The first-order valence-corrected chi connectivity index (χ1v) is 7.37. The molecule has 0 saturated carbocycles. The lowest BCUT2D eigenvalue weighted by molar-refractivity contribution is 0.494. The molecule has 0 spiro atoms. The molecular formula is C16H15BrF3N. The van der Waals surface area contributed by atoms with E-state index < -0.39 is 23.5 Å². The van der Waals surface area contributed by atoms with Gasteiger partial charge in [-0.3, -0.25) is 0 Å². The number of hydrogen-bond donors (Lipinski definition) is 1. The molecule has 1 N–H and O–H groups in total. The quantitative estimate of drug-likeness (QED) is 0.822. The molecule has 0 aromatic heterocycles. The summed E-state index contributed by atoms with van der Waals surface area (Å²) >= 11 is 3.04. The van der Waals surface area contributed by atoms with Crippen LogP contribution in [-0.4, -0.2) is 6.54 Å². The Kier molecular flexibility index (Phi) is 5.06. The van der Waals surface area contributed by atoms with Crippen molar-refractivity contribution in [2.45, 2.75) is 19.9 Å². The van der Waals surface area contributed by atoms with Crippen molar-refractivity contribution in [1.29, 1.82) is 0 Å². The zero-order valence-corrected chi connectivity index (χ0v) is 13.3. The molecule has 0 bridgehead atoms. The first-order valence-electron chi connectivity index (χ1n) is 6.58. The maximum Gasteiger partial charge on any atom is 0.132 e. The monoisotopic (exact) mass is 357 g/mol. The van der Waals surface area contributed by atoms with Crippen molar-refractivity contribution in [3.05, 3.63) is 68.9 Å². The summed E-state index contributed by atoms with van der Waals surface area (Å²) in [6.07, 6.45) is 0. The van der Waals surface area contributed by atoms with Crippen molar-refractivity contribution in [2.75, 3.05) is 6.54 Å². The van der Waals surface area contributed by atoms with Gasteiger partial charge in [-0.05, 0) is 31.7 Å². The van der Waals surface area contributed by atoms with E-state index in [2.05, 4.69) is 21.2 Å². The van der Waals surface area contributed by atoms with E-state index in [1.165, 1.54) is 18.2 Å². The minimum absolute atomic E-state index is 0.176. The Bertz CT molecular complexity index is 635. The molecule has 0 aliphatic rings. The first kappa shape index (κ1) is 16.0. The van der Waals surface area contributed by atoms with Crippen LogP contribution in [0.5, 0.6) is 0 Å². The summed E-state index contributed by atoms with van der Waals surface area (Å²) in [5, 5.41) is 2.95. The van der Waals surface area contributed by atoms with Crippen LogP contribution in [0.15, 0.2) is 34.8 Å². The Hall–Kier alpha value is -1.33. The van der Waals surface area contributed by atoms with Gasteiger partial charge in [0.25, 0.3) is 0 Å². The molecule has 1 nitrogen and oxygen atoms in total. The van der Waals surface area contributed by atoms with Crippen LogP contribution in [0.3, 0.4) is 0 Å². The van der Waals surface area contributed by atoms with Crippen LogP contribution >= 0.6 is 15.9 Å². The topological polar surface area (TPSA) is 12.0 Å². The summed E-state index contributed by atoms with van der Waals surface area (Å²) in [7, 11) is 0. The summed E-state index contributed by atoms with van der Waals surface area (Å²) in [5.41, 5.74) is 0.883. The summed E-state index contributed by atoms with van der Waals surface area (Å²) in [6.45, 7) is 4.06. The first-order chi connectivity index (χ1) is 9.93. The molecule has 0 radical (unpaired) electrons. The van der Waals surface area contributed by atoms with Crippen molar-refractivity contribution in [1.82, 2.24) is 5.32 Å². The highest BCUT2D eigenvalue weighted by Gasteiger charge is 2.24. The van der Waals surface area contributed by atoms with E-state index in [-0.39, 0.29) is 11.1 Å². The standard InChI is InChI=1S/C16H15BrF3N/c1-3-21-16(11-6-9(2)4-5-12(11)18)15-13(19)7-10(17)8-14(15)20/h4-8,16,21H,3H2,1-2H3. The van der Waals surface area contributed by atoms with Gasteiger partial charge in [-0.25, -0.2) is 13.2 Å². The molecule has 1 unspecified atom stereocenters. The molecule has 112 valence electrons. The predicted octanol–water partition coefficient (Wildman–Crippen LogP) is 4.87. The SMILES string of the molecule is CCNC(c1cc(C)ccc1F)c1c(F)cc(Br)cc1F.